The van der Waals surface area contributed by atoms with Crippen LogP contribution < -0.4 is 0 Å². The lowest BCUT2D eigenvalue weighted by atomic mass is 10.1. The first-order chi connectivity index (χ1) is 5.74. The van der Waals surface area contributed by atoms with E-state index in [2.05, 4.69) is 30.6 Å². The molecule has 0 atom stereocenters. The van der Waals surface area contributed by atoms with Crippen LogP contribution in [0.25, 0.3) is 0 Å². The van der Waals surface area contributed by atoms with Gasteiger partial charge < -0.3 is 0 Å². The molecule has 0 amide bonds. The smallest absolute Gasteiger partial charge is 0.0687 e. The summed E-state index contributed by atoms with van der Waals surface area (Å²) in [5.41, 5.74) is 4.12. The number of nitrogens with zero attached hydrogens (tertiary/aromatic N) is 2. The summed E-state index contributed by atoms with van der Waals surface area (Å²) < 4.78 is 2.11. The van der Waals surface area contributed by atoms with Crippen LogP contribution in [-0.4, -0.2) is 9.78 Å². The Morgan fingerprint density at radius 3 is 2.50 bits per heavy atom. The van der Waals surface area contributed by atoms with E-state index < -0.39 is 0 Å². The fourth-order valence-corrected chi connectivity index (χ4v) is 1.71. The average molecular weight is 164 g/mol. The molecule has 0 unspecified atom stereocenters. The zero-order valence-electron chi connectivity index (χ0n) is 8.09. The zero-order valence-corrected chi connectivity index (χ0v) is 8.09. The van der Waals surface area contributed by atoms with E-state index in [1.54, 1.807) is 0 Å². The molecule has 2 rings (SSSR count). The van der Waals surface area contributed by atoms with Crippen LogP contribution >= 0.6 is 0 Å². The summed E-state index contributed by atoms with van der Waals surface area (Å²) in [7, 11) is 0. The van der Waals surface area contributed by atoms with Crippen LogP contribution in [-0.2, 0) is 6.54 Å². The Hall–Kier alpha value is -0.790. The molecule has 1 aliphatic carbocycles. The van der Waals surface area contributed by atoms with Crippen molar-refractivity contribution in [1.82, 2.24) is 9.78 Å². The molecule has 1 aromatic rings. The van der Waals surface area contributed by atoms with Crippen LogP contribution in [0.3, 0.4) is 0 Å². The molecule has 1 saturated carbocycles. The molecule has 66 valence electrons. The van der Waals surface area contributed by atoms with Crippen LogP contribution in [0.1, 0.15) is 42.6 Å². The van der Waals surface area contributed by atoms with E-state index in [9.17, 15) is 0 Å². The average Bonchev–Trinajstić information content (AvgIpc) is 2.84. The van der Waals surface area contributed by atoms with Gasteiger partial charge in [0, 0.05) is 18.2 Å². The number of aromatic nitrogens is 2. The fourth-order valence-electron chi connectivity index (χ4n) is 1.71. The van der Waals surface area contributed by atoms with E-state index in [1.807, 2.05) is 0 Å². The lowest BCUT2D eigenvalue weighted by Crippen LogP contribution is -1.98. The first kappa shape index (κ1) is 7.84. The van der Waals surface area contributed by atoms with Gasteiger partial charge in [-0.1, -0.05) is 0 Å². The molecule has 12 heavy (non-hydrogen) atoms. The van der Waals surface area contributed by atoms with E-state index in [0.29, 0.717) is 0 Å². The minimum Gasteiger partial charge on any atom is -0.270 e. The minimum atomic E-state index is 0.788. The van der Waals surface area contributed by atoms with Gasteiger partial charge in [-0.15, -0.1) is 0 Å². The lowest BCUT2D eigenvalue weighted by Gasteiger charge is -1.96. The number of hydrogen-bond acceptors (Lipinski definition) is 1. The third-order valence-corrected chi connectivity index (χ3v) is 2.81. The van der Waals surface area contributed by atoms with Crippen molar-refractivity contribution in [3.8, 4) is 0 Å². The van der Waals surface area contributed by atoms with Crippen molar-refractivity contribution in [1.29, 1.82) is 0 Å². The van der Waals surface area contributed by atoms with Crippen molar-refractivity contribution in [2.75, 3.05) is 0 Å². The van der Waals surface area contributed by atoms with Gasteiger partial charge in [-0.05, 0) is 39.2 Å². The summed E-state index contributed by atoms with van der Waals surface area (Å²) in [6, 6.07) is 0. The summed E-state index contributed by atoms with van der Waals surface area (Å²) in [4.78, 5) is 0. The third kappa shape index (κ3) is 1.06. The second-order valence-electron chi connectivity index (χ2n) is 3.69. The Balaban J connectivity index is 2.41. The van der Waals surface area contributed by atoms with Gasteiger partial charge in [0.1, 0.15) is 0 Å². The van der Waals surface area contributed by atoms with Gasteiger partial charge in [0.25, 0.3) is 0 Å². The Bertz CT molecular complexity index is 295. The maximum Gasteiger partial charge on any atom is 0.0687 e. The van der Waals surface area contributed by atoms with E-state index >= 15 is 0 Å². The van der Waals surface area contributed by atoms with Crippen LogP contribution in [0.15, 0.2) is 0 Å². The molecule has 0 saturated heterocycles. The van der Waals surface area contributed by atoms with Crippen molar-refractivity contribution in [3.05, 3.63) is 17.0 Å². The van der Waals surface area contributed by atoms with Crippen molar-refractivity contribution in [2.45, 2.75) is 46.1 Å². The molecule has 0 radical (unpaired) electrons. The monoisotopic (exact) mass is 164 g/mol. The zero-order chi connectivity index (χ0) is 8.72. The van der Waals surface area contributed by atoms with Crippen molar-refractivity contribution >= 4 is 0 Å². The van der Waals surface area contributed by atoms with Gasteiger partial charge in [-0.3, -0.25) is 4.68 Å². The number of aryl methyl sites for hydroxylation is 1. The van der Waals surface area contributed by atoms with Crippen LogP contribution in [0.5, 0.6) is 0 Å². The van der Waals surface area contributed by atoms with E-state index in [4.69, 9.17) is 0 Å². The van der Waals surface area contributed by atoms with Gasteiger partial charge in [-0.25, -0.2) is 0 Å². The second-order valence-corrected chi connectivity index (χ2v) is 3.69. The van der Waals surface area contributed by atoms with Crippen LogP contribution in [0.4, 0.5) is 0 Å². The van der Waals surface area contributed by atoms with Gasteiger partial charge in [0.15, 0.2) is 0 Å². The topological polar surface area (TPSA) is 17.8 Å². The first-order valence-electron chi connectivity index (χ1n) is 4.78. The van der Waals surface area contributed by atoms with E-state index in [0.717, 1.165) is 12.5 Å². The van der Waals surface area contributed by atoms with Crippen molar-refractivity contribution < 1.29 is 0 Å². The highest BCUT2D eigenvalue weighted by atomic mass is 15.3. The molecule has 1 aliphatic rings. The minimum absolute atomic E-state index is 0.788. The molecular weight excluding hydrogens is 148 g/mol. The Labute approximate surface area is 73.6 Å². The van der Waals surface area contributed by atoms with E-state index in [-0.39, 0.29) is 0 Å². The molecule has 0 N–H and O–H groups in total. The number of rotatable bonds is 2. The Morgan fingerprint density at radius 1 is 1.42 bits per heavy atom. The lowest BCUT2D eigenvalue weighted by molar-refractivity contribution is 0.629. The quantitative estimate of drug-likeness (QED) is 0.656. The highest BCUT2D eigenvalue weighted by Crippen LogP contribution is 2.41. The fraction of sp³-hybridized carbons (Fsp3) is 0.700. The maximum absolute atomic E-state index is 4.61. The van der Waals surface area contributed by atoms with Gasteiger partial charge in [-0.2, -0.15) is 5.10 Å². The largest absolute Gasteiger partial charge is 0.270 e. The summed E-state index contributed by atoms with van der Waals surface area (Å²) in [6.07, 6.45) is 2.70. The highest BCUT2D eigenvalue weighted by Gasteiger charge is 2.28. The molecule has 0 spiro atoms. The van der Waals surface area contributed by atoms with Crippen LogP contribution in [0.2, 0.25) is 0 Å². The Kier molecular flexibility index (Phi) is 1.71. The maximum atomic E-state index is 4.61. The third-order valence-electron chi connectivity index (χ3n) is 2.81. The summed E-state index contributed by atoms with van der Waals surface area (Å²) in [5.74, 6) is 0.788. The molecule has 2 heteroatoms. The summed E-state index contributed by atoms with van der Waals surface area (Å²) in [5, 5.41) is 4.61. The molecule has 1 aromatic heterocycles. The van der Waals surface area contributed by atoms with Gasteiger partial charge >= 0.3 is 0 Å². The molecule has 0 aromatic carbocycles. The predicted molar refractivity (Wildman–Crippen MR) is 49.4 cm³/mol. The Morgan fingerprint density at radius 2 is 2.08 bits per heavy atom. The first-order valence-corrected chi connectivity index (χ1v) is 4.78. The molecule has 0 aliphatic heterocycles. The molecule has 0 bridgehead atoms. The SMILES string of the molecule is CCn1nc(C2CC2)c(C)c1C. The van der Waals surface area contributed by atoms with E-state index in [1.165, 1.54) is 29.8 Å². The predicted octanol–water partition coefficient (Wildman–Crippen LogP) is 2.40. The van der Waals surface area contributed by atoms with Crippen molar-refractivity contribution in [3.63, 3.8) is 0 Å². The summed E-state index contributed by atoms with van der Waals surface area (Å²) in [6.45, 7) is 7.51. The van der Waals surface area contributed by atoms with Gasteiger partial charge in [0.05, 0.1) is 5.69 Å². The standard InChI is InChI=1S/C10H16N2/c1-4-12-8(3)7(2)10(11-12)9-5-6-9/h9H,4-6H2,1-3H3. The number of hydrogen-bond donors (Lipinski definition) is 0. The molecule has 2 nitrogen and oxygen atoms in total. The molecule has 1 fully saturated rings. The molecular formula is C10H16N2. The highest BCUT2D eigenvalue weighted by molar-refractivity contribution is 5.29. The molecule has 1 heterocycles. The second kappa shape index (κ2) is 2.61. The normalized spacial score (nSPS) is 16.9. The summed E-state index contributed by atoms with van der Waals surface area (Å²) >= 11 is 0. The van der Waals surface area contributed by atoms with Crippen LogP contribution in [0, 0.1) is 13.8 Å². The van der Waals surface area contributed by atoms with Gasteiger partial charge in [0.2, 0.25) is 0 Å². The van der Waals surface area contributed by atoms with Crippen molar-refractivity contribution in [2.24, 2.45) is 0 Å².